The monoisotopic (exact) mass is 391 g/mol. The lowest BCUT2D eigenvalue weighted by Crippen LogP contribution is -2.06. The molecule has 3 rings (SSSR count). The van der Waals surface area contributed by atoms with Crippen LogP contribution < -0.4 is 14.2 Å². The number of rotatable bonds is 8. The number of phenolic OH excluding ortho intramolecular Hbond substituents is 1. The first-order chi connectivity index (χ1) is 14.2. The maximum absolute atomic E-state index is 10.5. The number of ether oxygens (including phenoxy) is 3. The second-order valence-corrected chi connectivity index (χ2v) is 6.41. The van der Waals surface area contributed by atoms with Gasteiger partial charge in [-0.05, 0) is 42.3 Å². The molecule has 5 nitrogen and oxygen atoms in total. The Labute approximate surface area is 171 Å². The lowest BCUT2D eigenvalue weighted by Gasteiger charge is -2.12. The Morgan fingerprint density at radius 2 is 1.52 bits per heavy atom. The summed E-state index contributed by atoms with van der Waals surface area (Å²) in [5.74, 6) is 2.31. The largest absolute Gasteiger partial charge is 0.507 e. The summed E-state index contributed by atoms with van der Waals surface area (Å²) >= 11 is 0. The van der Waals surface area contributed by atoms with Gasteiger partial charge < -0.3 is 19.3 Å². The number of hydrogen-bond acceptors (Lipinski definition) is 5. The molecule has 0 bridgehead atoms. The first-order valence-electron chi connectivity index (χ1n) is 9.34. The van der Waals surface area contributed by atoms with Gasteiger partial charge in [0.15, 0.2) is 0 Å². The van der Waals surface area contributed by atoms with Crippen LogP contribution in [0.3, 0.4) is 0 Å². The second-order valence-electron chi connectivity index (χ2n) is 6.41. The average molecular weight is 391 g/mol. The number of methoxy groups -OCH3 is 3. The molecule has 0 aliphatic rings. The van der Waals surface area contributed by atoms with E-state index in [1.807, 2.05) is 60.7 Å². The first-order valence-corrected chi connectivity index (χ1v) is 9.34. The summed E-state index contributed by atoms with van der Waals surface area (Å²) in [4.78, 5) is 4.83. The molecule has 0 fully saturated rings. The van der Waals surface area contributed by atoms with Crippen LogP contribution in [0, 0.1) is 0 Å². The van der Waals surface area contributed by atoms with Crippen molar-refractivity contribution in [3.63, 3.8) is 0 Å². The lowest BCUT2D eigenvalue weighted by molar-refractivity contribution is 0.399. The molecular formula is C24H25NO4. The van der Waals surface area contributed by atoms with Gasteiger partial charge in [0.05, 0.1) is 27.0 Å². The Hall–Kier alpha value is -3.47. The number of aromatic hydroxyl groups is 1. The molecule has 29 heavy (non-hydrogen) atoms. The highest BCUT2D eigenvalue weighted by molar-refractivity contribution is 6.14. The smallest absolute Gasteiger partial charge is 0.128 e. The zero-order chi connectivity index (χ0) is 20.6. The van der Waals surface area contributed by atoms with E-state index in [4.69, 9.17) is 19.2 Å². The molecular weight excluding hydrogens is 366 g/mol. The molecule has 0 aliphatic heterocycles. The van der Waals surface area contributed by atoms with Gasteiger partial charge in [-0.2, -0.15) is 0 Å². The van der Waals surface area contributed by atoms with E-state index in [-0.39, 0.29) is 5.75 Å². The zero-order valence-corrected chi connectivity index (χ0v) is 16.9. The fourth-order valence-electron chi connectivity index (χ4n) is 3.13. The Morgan fingerprint density at radius 3 is 2.17 bits per heavy atom. The van der Waals surface area contributed by atoms with Gasteiger partial charge in [0.25, 0.3) is 0 Å². The normalized spacial score (nSPS) is 11.2. The minimum Gasteiger partial charge on any atom is -0.507 e. The van der Waals surface area contributed by atoms with Gasteiger partial charge in [-0.3, -0.25) is 4.99 Å². The van der Waals surface area contributed by atoms with Crippen molar-refractivity contribution in [2.75, 3.05) is 27.9 Å². The molecule has 0 unspecified atom stereocenters. The number of hydrogen-bond donors (Lipinski definition) is 1. The SMILES string of the molecule is COc1ccc(C(=NCCc2cc(OC)ccc2OC)c2ccccc2)c(O)c1. The lowest BCUT2D eigenvalue weighted by atomic mass is 10.0. The molecule has 0 saturated heterocycles. The Kier molecular flexibility index (Phi) is 6.74. The van der Waals surface area contributed by atoms with Crippen LogP contribution in [0.2, 0.25) is 0 Å². The van der Waals surface area contributed by atoms with Gasteiger partial charge in [0, 0.05) is 23.7 Å². The van der Waals surface area contributed by atoms with E-state index in [0.717, 1.165) is 28.3 Å². The summed E-state index contributed by atoms with van der Waals surface area (Å²) in [6.07, 6.45) is 0.674. The van der Waals surface area contributed by atoms with Gasteiger partial charge in [0.2, 0.25) is 0 Å². The molecule has 0 radical (unpaired) electrons. The topological polar surface area (TPSA) is 60.3 Å². The molecule has 0 saturated carbocycles. The second kappa shape index (κ2) is 9.64. The summed E-state index contributed by atoms with van der Waals surface area (Å²) in [5.41, 5.74) is 3.34. The summed E-state index contributed by atoms with van der Waals surface area (Å²) < 4.78 is 16.0. The fraction of sp³-hybridized carbons (Fsp3) is 0.208. The number of aliphatic imine (C=N–C) groups is 1. The molecule has 150 valence electrons. The van der Waals surface area contributed by atoms with Crippen LogP contribution in [0.5, 0.6) is 23.0 Å². The molecule has 3 aromatic carbocycles. The fourth-order valence-corrected chi connectivity index (χ4v) is 3.13. The molecule has 0 aromatic heterocycles. The zero-order valence-electron chi connectivity index (χ0n) is 16.9. The third-order valence-electron chi connectivity index (χ3n) is 4.65. The summed E-state index contributed by atoms with van der Waals surface area (Å²) in [6, 6.07) is 20.8. The minimum absolute atomic E-state index is 0.130. The highest BCUT2D eigenvalue weighted by Gasteiger charge is 2.13. The van der Waals surface area contributed by atoms with Gasteiger partial charge in [-0.25, -0.2) is 0 Å². The Morgan fingerprint density at radius 1 is 0.828 bits per heavy atom. The van der Waals surface area contributed by atoms with Crippen molar-refractivity contribution in [2.24, 2.45) is 4.99 Å². The first kappa shape index (κ1) is 20.3. The third-order valence-corrected chi connectivity index (χ3v) is 4.65. The van der Waals surface area contributed by atoms with E-state index in [2.05, 4.69) is 0 Å². The molecule has 0 spiro atoms. The highest BCUT2D eigenvalue weighted by Crippen LogP contribution is 2.27. The Balaban J connectivity index is 1.93. The predicted molar refractivity (Wildman–Crippen MR) is 115 cm³/mol. The van der Waals surface area contributed by atoms with E-state index < -0.39 is 0 Å². The van der Waals surface area contributed by atoms with Crippen molar-refractivity contribution in [3.05, 3.63) is 83.4 Å². The highest BCUT2D eigenvalue weighted by atomic mass is 16.5. The third kappa shape index (κ3) is 4.88. The Bertz CT molecular complexity index is 983. The molecule has 3 aromatic rings. The van der Waals surface area contributed by atoms with E-state index in [9.17, 15) is 5.11 Å². The van der Waals surface area contributed by atoms with Gasteiger partial charge >= 0.3 is 0 Å². The van der Waals surface area contributed by atoms with Crippen LogP contribution in [0.4, 0.5) is 0 Å². The van der Waals surface area contributed by atoms with E-state index >= 15 is 0 Å². The molecule has 0 heterocycles. The van der Waals surface area contributed by atoms with Crippen molar-refractivity contribution in [3.8, 4) is 23.0 Å². The van der Waals surface area contributed by atoms with Crippen molar-refractivity contribution >= 4 is 5.71 Å². The van der Waals surface area contributed by atoms with Crippen molar-refractivity contribution in [1.29, 1.82) is 0 Å². The summed E-state index contributed by atoms with van der Waals surface area (Å²) in [5, 5.41) is 10.5. The molecule has 0 amide bonds. The van der Waals surface area contributed by atoms with Gasteiger partial charge in [0.1, 0.15) is 23.0 Å². The summed E-state index contributed by atoms with van der Waals surface area (Å²) in [7, 11) is 4.87. The number of phenols is 1. The van der Waals surface area contributed by atoms with Gasteiger partial charge in [-0.15, -0.1) is 0 Å². The maximum Gasteiger partial charge on any atom is 0.128 e. The van der Waals surface area contributed by atoms with Crippen LogP contribution in [-0.4, -0.2) is 38.7 Å². The maximum atomic E-state index is 10.5. The van der Waals surface area contributed by atoms with Crippen LogP contribution in [0.15, 0.2) is 71.7 Å². The molecule has 0 atom stereocenters. The van der Waals surface area contributed by atoms with Crippen molar-refractivity contribution < 1.29 is 19.3 Å². The minimum atomic E-state index is 0.130. The van der Waals surface area contributed by atoms with E-state index in [0.29, 0.717) is 24.3 Å². The quantitative estimate of drug-likeness (QED) is 0.575. The van der Waals surface area contributed by atoms with Crippen molar-refractivity contribution in [1.82, 2.24) is 0 Å². The number of benzene rings is 3. The van der Waals surface area contributed by atoms with Gasteiger partial charge in [-0.1, -0.05) is 30.3 Å². The average Bonchev–Trinajstić information content (AvgIpc) is 2.77. The van der Waals surface area contributed by atoms with Crippen LogP contribution in [-0.2, 0) is 6.42 Å². The molecule has 0 aliphatic carbocycles. The van der Waals surface area contributed by atoms with Crippen molar-refractivity contribution in [2.45, 2.75) is 6.42 Å². The van der Waals surface area contributed by atoms with Crippen LogP contribution in [0.1, 0.15) is 16.7 Å². The predicted octanol–water partition coefficient (Wildman–Crippen LogP) is 4.50. The standard InChI is InChI=1S/C24H25NO4/c1-27-19-10-12-23(29-3)18(15-19)13-14-25-24(17-7-5-4-6-8-17)21-11-9-20(28-2)16-22(21)26/h4-12,15-16,26H,13-14H2,1-3H3. The van der Waals surface area contributed by atoms with Crippen LogP contribution >= 0.6 is 0 Å². The van der Waals surface area contributed by atoms with E-state index in [1.165, 1.54) is 0 Å². The molecule has 1 N–H and O–H groups in total. The van der Waals surface area contributed by atoms with E-state index in [1.54, 1.807) is 27.4 Å². The number of nitrogens with zero attached hydrogens (tertiary/aromatic N) is 1. The molecule has 5 heteroatoms. The summed E-state index contributed by atoms with van der Waals surface area (Å²) in [6.45, 7) is 0.527. The van der Waals surface area contributed by atoms with Crippen LogP contribution in [0.25, 0.3) is 0 Å².